The molecule has 0 amide bonds. The average Bonchev–Trinajstić information content (AvgIpc) is 2.46. The third-order valence-electron chi connectivity index (χ3n) is 4.69. The van der Waals surface area contributed by atoms with Gasteiger partial charge in [-0.2, -0.15) is 0 Å². The van der Waals surface area contributed by atoms with Crippen LogP contribution in [0.5, 0.6) is 0 Å². The molecule has 1 fully saturated rings. The van der Waals surface area contributed by atoms with E-state index in [1.54, 1.807) is 0 Å². The molecular formula is C17H28N2. The van der Waals surface area contributed by atoms with Gasteiger partial charge in [0.25, 0.3) is 0 Å². The summed E-state index contributed by atoms with van der Waals surface area (Å²) in [5.74, 6) is 1.72. The summed E-state index contributed by atoms with van der Waals surface area (Å²) in [6.45, 7) is 7.78. The van der Waals surface area contributed by atoms with Gasteiger partial charge in [-0.3, -0.25) is 4.98 Å². The molecule has 0 radical (unpaired) electrons. The zero-order chi connectivity index (χ0) is 13.7. The second-order valence-corrected chi connectivity index (χ2v) is 5.97. The summed E-state index contributed by atoms with van der Waals surface area (Å²) in [5, 5.41) is 3.73. The van der Waals surface area contributed by atoms with Crippen molar-refractivity contribution >= 4 is 0 Å². The van der Waals surface area contributed by atoms with Gasteiger partial charge in [0.2, 0.25) is 0 Å². The average molecular weight is 260 g/mol. The first-order chi connectivity index (χ1) is 9.26. The molecular weight excluding hydrogens is 232 g/mol. The number of aryl methyl sites for hydroxylation is 1. The molecule has 2 heteroatoms. The third-order valence-corrected chi connectivity index (χ3v) is 4.69. The van der Waals surface area contributed by atoms with E-state index >= 15 is 0 Å². The molecule has 0 saturated heterocycles. The van der Waals surface area contributed by atoms with Crippen LogP contribution in [-0.4, -0.2) is 11.5 Å². The maximum atomic E-state index is 4.24. The Morgan fingerprint density at radius 2 is 2.21 bits per heavy atom. The van der Waals surface area contributed by atoms with Crippen LogP contribution in [0.4, 0.5) is 0 Å². The Labute approximate surface area is 118 Å². The normalized spacial score (nSPS) is 25.2. The Morgan fingerprint density at radius 3 is 2.89 bits per heavy atom. The van der Waals surface area contributed by atoms with E-state index in [1.807, 2.05) is 12.4 Å². The van der Waals surface area contributed by atoms with E-state index in [0.717, 1.165) is 18.4 Å². The van der Waals surface area contributed by atoms with E-state index in [2.05, 4.69) is 37.1 Å². The van der Waals surface area contributed by atoms with Crippen LogP contribution in [0.25, 0.3) is 0 Å². The molecule has 2 nitrogen and oxygen atoms in total. The van der Waals surface area contributed by atoms with Crippen molar-refractivity contribution in [3.8, 4) is 0 Å². The summed E-state index contributed by atoms with van der Waals surface area (Å²) in [5.41, 5.74) is 2.78. The maximum Gasteiger partial charge on any atom is 0.0352 e. The minimum atomic E-state index is 0.516. The maximum absolute atomic E-state index is 4.24. The Morgan fingerprint density at radius 1 is 1.37 bits per heavy atom. The highest BCUT2D eigenvalue weighted by molar-refractivity contribution is 5.26. The number of hydrogen-bond donors (Lipinski definition) is 1. The van der Waals surface area contributed by atoms with E-state index in [4.69, 9.17) is 0 Å². The minimum absolute atomic E-state index is 0.516. The summed E-state index contributed by atoms with van der Waals surface area (Å²) in [6, 6.07) is 2.72. The predicted octanol–water partition coefficient (Wildman–Crippen LogP) is 4.26. The van der Waals surface area contributed by atoms with Crippen molar-refractivity contribution in [1.82, 2.24) is 10.3 Å². The van der Waals surface area contributed by atoms with Crippen LogP contribution in [0.1, 0.15) is 63.1 Å². The van der Waals surface area contributed by atoms with Gasteiger partial charge in [-0.05, 0) is 55.3 Å². The Bertz CT molecular complexity index is 389. The van der Waals surface area contributed by atoms with Crippen molar-refractivity contribution in [3.05, 3.63) is 29.6 Å². The summed E-state index contributed by atoms with van der Waals surface area (Å²) >= 11 is 0. The number of hydrogen-bond acceptors (Lipinski definition) is 2. The van der Waals surface area contributed by atoms with Crippen LogP contribution in [0.3, 0.4) is 0 Å². The summed E-state index contributed by atoms with van der Waals surface area (Å²) in [7, 11) is 0. The molecule has 1 aliphatic carbocycles. The Hall–Kier alpha value is -0.890. The largest absolute Gasteiger partial charge is 0.310 e. The van der Waals surface area contributed by atoms with Gasteiger partial charge in [-0.1, -0.05) is 33.1 Å². The first-order valence-electron chi connectivity index (χ1n) is 7.90. The highest BCUT2D eigenvalue weighted by Crippen LogP contribution is 2.39. The molecule has 0 aromatic carbocycles. The van der Waals surface area contributed by atoms with E-state index in [-0.39, 0.29) is 0 Å². The molecule has 106 valence electrons. The molecule has 0 spiro atoms. The number of rotatable bonds is 5. The van der Waals surface area contributed by atoms with Gasteiger partial charge in [0.1, 0.15) is 0 Å². The lowest BCUT2D eigenvalue weighted by Crippen LogP contribution is -2.32. The van der Waals surface area contributed by atoms with Crippen LogP contribution < -0.4 is 5.32 Å². The van der Waals surface area contributed by atoms with Crippen molar-refractivity contribution < 1.29 is 0 Å². The smallest absolute Gasteiger partial charge is 0.0352 e. The first kappa shape index (κ1) is 14.5. The number of nitrogens with one attached hydrogen (secondary N) is 1. The summed E-state index contributed by atoms with van der Waals surface area (Å²) in [6.07, 6.45) is 10.9. The molecule has 1 aliphatic rings. The van der Waals surface area contributed by atoms with Crippen LogP contribution in [0.15, 0.2) is 18.5 Å². The van der Waals surface area contributed by atoms with Gasteiger partial charge in [0, 0.05) is 18.4 Å². The Balaban J connectivity index is 2.17. The van der Waals surface area contributed by atoms with Crippen LogP contribution in [0.2, 0.25) is 0 Å². The topological polar surface area (TPSA) is 24.9 Å². The molecule has 1 N–H and O–H groups in total. The van der Waals surface area contributed by atoms with E-state index in [1.165, 1.54) is 43.2 Å². The molecule has 2 rings (SSSR count). The highest BCUT2D eigenvalue weighted by atomic mass is 14.9. The van der Waals surface area contributed by atoms with Crippen molar-refractivity contribution in [3.63, 3.8) is 0 Å². The van der Waals surface area contributed by atoms with Crippen molar-refractivity contribution in [2.24, 2.45) is 11.8 Å². The van der Waals surface area contributed by atoms with Gasteiger partial charge >= 0.3 is 0 Å². The van der Waals surface area contributed by atoms with Crippen LogP contribution in [-0.2, 0) is 0 Å². The lowest BCUT2D eigenvalue weighted by molar-refractivity contribution is 0.210. The first-order valence-corrected chi connectivity index (χ1v) is 7.90. The van der Waals surface area contributed by atoms with Gasteiger partial charge in [0.15, 0.2) is 0 Å². The van der Waals surface area contributed by atoms with Gasteiger partial charge < -0.3 is 5.32 Å². The quantitative estimate of drug-likeness (QED) is 0.855. The summed E-state index contributed by atoms with van der Waals surface area (Å²) < 4.78 is 0. The monoisotopic (exact) mass is 260 g/mol. The van der Waals surface area contributed by atoms with Gasteiger partial charge in [-0.15, -0.1) is 0 Å². The second-order valence-electron chi connectivity index (χ2n) is 5.97. The van der Waals surface area contributed by atoms with Crippen LogP contribution in [0, 0.1) is 18.8 Å². The lowest BCUT2D eigenvalue weighted by atomic mass is 9.75. The fourth-order valence-electron chi connectivity index (χ4n) is 3.59. The van der Waals surface area contributed by atoms with E-state index < -0.39 is 0 Å². The minimum Gasteiger partial charge on any atom is -0.310 e. The number of aromatic nitrogens is 1. The molecule has 3 unspecified atom stereocenters. The zero-order valence-electron chi connectivity index (χ0n) is 12.7. The van der Waals surface area contributed by atoms with E-state index in [0.29, 0.717) is 6.04 Å². The molecule has 1 saturated carbocycles. The third kappa shape index (κ3) is 3.56. The predicted molar refractivity (Wildman–Crippen MR) is 81.1 cm³/mol. The SMILES string of the molecule is CCNC(c1ccncc1C)C1CCCC(CC)C1. The van der Waals surface area contributed by atoms with Gasteiger partial charge in [0.05, 0.1) is 0 Å². The van der Waals surface area contributed by atoms with Gasteiger partial charge in [-0.25, -0.2) is 0 Å². The molecule has 19 heavy (non-hydrogen) atoms. The van der Waals surface area contributed by atoms with E-state index in [9.17, 15) is 0 Å². The lowest BCUT2D eigenvalue weighted by Gasteiger charge is -2.35. The molecule has 0 aliphatic heterocycles. The fraction of sp³-hybridized carbons (Fsp3) is 0.706. The number of nitrogens with zero attached hydrogens (tertiary/aromatic N) is 1. The highest BCUT2D eigenvalue weighted by Gasteiger charge is 2.28. The van der Waals surface area contributed by atoms with Crippen molar-refractivity contribution in [2.75, 3.05) is 6.54 Å². The molecule has 3 atom stereocenters. The molecule has 1 heterocycles. The standard InChI is InChI=1S/C17H28N2/c1-4-14-7-6-8-15(11-14)17(19-5-2)16-9-10-18-12-13(16)3/h9-10,12,14-15,17,19H,4-8,11H2,1-3H3. The molecule has 0 bridgehead atoms. The number of pyridine rings is 1. The van der Waals surface area contributed by atoms with Crippen molar-refractivity contribution in [1.29, 1.82) is 0 Å². The zero-order valence-corrected chi connectivity index (χ0v) is 12.7. The molecule has 1 aromatic rings. The molecule has 1 aromatic heterocycles. The summed E-state index contributed by atoms with van der Waals surface area (Å²) in [4.78, 5) is 4.24. The Kier molecular flexibility index (Phi) is 5.38. The van der Waals surface area contributed by atoms with Crippen molar-refractivity contribution in [2.45, 2.75) is 58.9 Å². The van der Waals surface area contributed by atoms with Crippen LogP contribution >= 0.6 is 0 Å². The fourth-order valence-corrected chi connectivity index (χ4v) is 3.59. The second kappa shape index (κ2) is 7.04.